The topological polar surface area (TPSA) is 68.7 Å². The number of carbonyl (C=O) groups is 2. The van der Waals surface area contributed by atoms with Gasteiger partial charge in [-0.2, -0.15) is 0 Å². The van der Waals surface area contributed by atoms with Crippen LogP contribution in [-0.4, -0.2) is 42.0 Å². The van der Waals surface area contributed by atoms with Gasteiger partial charge in [0.2, 0.25) is 5.91 Å². The molecule has 3 aliphatic rings. The van der Waals surface area contributed by atoms with Crippen LogP contribution in [0.4, 0.5) is 0 Å². The van der Waals surface area contributed by atoms with E-state index in [-0.39, 0.29) is 11.9 Å². The minimum atomic E-state index is -0.734. The molecule has 0 radical (unpaired) electrons. The summed E-state index contributed by atoms with van der Waals surface area (Å²) in [4.78, 5) is 31.6. The Bertz CT molecular complexity index is 953. The Morgan fingerprint density at radius 3 is 2.78 bits per heavy atom. The molecule has 6 heteroatoms. The summed E-state index contributed by atoms with van der Waals surface area (Å²) >= 11 is 0. The number of hydrogen-bond donors (Lipinski definition) is 0. The van der Waals surface area contributed by atoms with Gasteiger partial charge in [-0.1, -0.05) is 18.2 Å². The highest BCUT2D eigenvalue weighted by atomic mass is 16.6. The van der Waals surface area contributed by atoms with E-state index in [1.54, 1.807) is 19.5 Å². The molecular weight excluding hydrogens is 344 g/mol. The van der Waals surface area contributed by atoms with Gasteiger partial charge in [0, 0.05) is 36.5 Å². The van der Waals surface area contributed by atoms with Crippen LogP contribution in [-0.2, 0) is 20.5 Å². The van der Waals surface area contributed by atoms with Crippen LogP contribution >= 0.6 is 0 Å². The highest BCUT2D eigenvalue weighted by molar-refractivity contribution is 5.95. The average molecular weight is 364 g/mol. The van der Waals surface area contributed by atoms with Crippen LogP contribution < -0.4 is 4.74 Å². The van der Waals surface area contributed by atoms with Gasteiger partial charge in [0.05, 0.1) is 24.6 Å². The lowest BCUT2D eigenvalue weighted by Crippen LogP contribution is -2.40. The third-order valence-electron chi connectivity index (χ3n) is 6.12. The molecule has 1 saturated carbocycles. The van der Waals surface area contributed by atoms with E-state index in [0.717, 1.165) is 29.7 Å². The van der Waals surface area contributed by atoms with Gasteiger partial charge in [-0.15, -0.1) is 0 Å². The van der Waals surface area contributed by atoms with Crippen LogP contribution in [0.25, 0.3) is 0 Å². The Balaban J connectivity index is 1.45. The van der Waals surface area contributed by atoms with Crippen LogP contribution in [0.1, 0.15) is 40.7 Å². The molecule has 5 rings (SSSR count). The van der Waals surface area contributed by atoms with Crippen LogP contribution in [0.15, 0.2) is 42.7 Å². The smallest absolute Gasteiger partial charge is 0.341 e. The second-order valence-corrected chi connectivity index (χ2v) is 7.56. The zero-order chi connectivity index (χ0) is 18.6. The van der Waals surface area contributed by atoms with E-state index in [9.17, 15) is 9.59 Å². The van der Waals surface area contributed by atoms with Crippen LogP contribution in [0.5, 0.6) is 5.75 Å². The normalized spacial score (nSPS) is 24.6. The Morgan fingerprint density at radius 2 is 2.00 bits per heavy atom. The Kier molecular flexibility index (Phi) is 3.35. The van der Waals surface area contributed by atoms with Gasteiger partial charge in [0.1, 0.15) is 5.75 Å². The number of rotatable bonds is 3. The van der Waals surface area contributed by atoms with Gasteiger partial charge in [-0.05, 0) is 25.0 Å². The maximum Gasteiger partial charge on any atom is 0.341 e. The first-order valence-electron chi connectivity index (χ1n) is 9.20. The maximum atomic E-state index is 13.4. The van der Waals surface area contributed by atoms with Crippen LogP contribution in [0.3, 0.4) is 0 Å². The number of para-hydroxylation sites is 1. The Labute approximate surface area is 157 Å². The molecule has 2 fully saturated rings. The molecule has 1 amide bonds. The number of hydrogen-bond acceptors (Lipinski definition) is 5. The molecule has 27 heavy (non-hydrogen) atoms. The number of likely N-dealkylation sites (tertiary alicyclic amines) is 1. The lowest BCUT2D eigenvalue weighted by Gasteiger charge is -2.27. The standard InChI is InChI=1S/C21H20N2O4/c1-26-17-5-3-2-4-16(17)20(7-8-20)19(25)23-11-9-21(13-23)15-6-10-22-12-14(15)18(24)27-21/h2-6,10,12H,7-9,11,13H2,1H3. The van der Waals surface area contributed by atoms with Crippen molar-refractivity contribution in [1.29, 1.82) is 0 Å². The third kappa shape index (κ3) is 2.22. The number of aromatic nitrogens is 1. The van der Waals surface area contributed by atoms with Gasteiger partial charge in [0.25, 0.3) is 0 Å². The second kappa shape index (κ2) is 5.55. The van der Waals surface area contributed by atoms with E-state index < -0.39 is 11.0 Å². The van der Waals surface area contributed by atoms with E-state index in [1.165, 1.54) is 0 Å². The quantitative estimate of drug-likeness (QED) is 0.783. The van der Waals surface area contributed by atoms with E-state index in [4.69, 9.17) is 9.47 Å². The van der Waals surface area contributed by atoms with Crippen molar-refractivity contribution in [3.63, 3.8) is 0 Å². The molecule has 1 saturated heterocycles. The second-order valence-electron chi connectivity index (χ2n) is 7.56. The van der Waals surface area contributed by atoms with E-state index in [2.05, 4.69) is 4.98 Å². The number of benzene rings is 1. The molecule has 1 spiro atoms. The minimum absolute atomic E-state index is 0.0995. The van der Waals surface area contributed by atoms with E-state index >= 15 is 0 Å². The molecule has 0 bridgehead atoms. The van der Waals surface area contributed by atoms with Crippen molar-refractivity contribution in [2.75, 3.05) is 20.2 Å². The molecule has 6 nitrogen and oxygen atoms in total. The molecule has 1 unspecified atom stereocenters. The number of methoxy groups -OCH3 is 1. The zero-order valence-electron chi connectivity index (χ0n) is 15.1. The van der Waals surface area contributed by atoms with Crippen molar-refractivity contribution in [1.82, 2.24) is 9.88 Å². The maximum absolute atomic E-state index is 13.4. The summed E-state index contributed by atoms with van der Waals surface area (Å²) in [7, 11) is 1.63. The SMILES string of the molecule is COc1ccccc1C1(C(=O)N2CCC3(C2)OC(=O)c2cnccc23)CC1. The molecule has 2 aliphatic heterocycles. The largest absolute Gasteiger partial charge is 0.496 e. The Hall–Kier alpha value is -2.89. The number of esters is 1. The molecule has 1 aromatic carbocycles. The minimum Gasteiger partial charge on any atom is -0.496 e. The predicted molar refractivity (Wildman–Crippen MR) is 96.4 cm³/mol. The van der Waals surface area contributed by atoms with Crippen molar-refractivity contribution in [3.8, 4) is 5.75 Å². The summed E-state index contributed by atoms with van der Waals surface area (Å²) < 4.78 is 11.2. The number of carbonyl (C=O) groups excluding carboxylic acids is 2. The number of pyridine rings is 1. The first-order valence-corrected chi connectivity index (χ1v) is 9.20. The predicted octanol–water partition coefficient (Wildman–Crippen LogP) is 2.42. The molecule has 3 heterocycles. The fourth-order valence-electron chi connectivity index (χ4n) is 4.57. The number of amides is 1. The molecular formula is C21H20N2O4. The molecule has 2 aromatic rings. The molecule has 1 aromatic heterocycles. The summed E-state index contributed by atoms with van der Waals surface area (Å²) in [6, 6.07) is 9.57. The van der Waals surface area contributed by atoms with Gasteiger partial charge < -0.3 is 14.4 Å². The van der Waals surface area contributed by atoms with Gasteiger partial charge in [-0.3, -0.25) is 9.78 Å². The van der Waals surface area contributed by atoms with Crippen LogP contribution in [0.2, 0.25) is 0 Å². The molecule has 1 atom stereocenters. The average Bonchev–Trinajstić information content (AvgIpc) is 3.34. The van der Waals surface area contributed by atoms with Crippen molar-refractivity contribution in [2.45, 2.75) is 30.3 Å². The number of ether oxygens (including phenoxy) is 2. The lowest BCUT2D eigenvalue weighted by molar-refractivity contribution is -0.134. The summed E-state index contributed by atoms with van der Waals surface area (Å²) in [5.41, 5.74) is 1.06. The lowest BCUT2D eigenvalue weighted by atomic mass is 9.92. The van der Waals surface area contributed by atoms with Crippen molar-refractivity contribution >= 4 is 11.9 Å². The fraction of sp³-hybridized carbons (Fsp3) is 0.381. The van der Waals surface area contributed by atoms with Crippen molar-refractivity contribution in [2.24, 2.45) is 0 Å². The number of nitrogens with zero attached hydrogens (tertiary/aromatic N) is 2. The van der Waals surface area contributed by atoms with Gasteiger partial charge >= 0.3 is 5.97 Å². The summed E-state index contributed by atoms with van der Waals surface area (Å²) in [5.74, 6) is 0.502. The van der Waals surface area contributed by atoms with Gasteiger partial charge in [-0.25, -0.2) is 4.79 Å². The summed E-state index contributed by atoms with van der Waals surface area (Å²) in [6.45, 7) is 0.969. The molecule has 1 aliphatic carbocycles. The monoisotopic (exact) mass is 364 g/mol. The number of fused-ring (bicyclic) bond motifs is 2. The fourth-order valence-corrected chi connectivity index (χ4v) is 4.57. The highest BCUT2D eigenvalue weighted by Crippen LogP contribution is 2.54. The molecule has 138 valence electrons. The van der Waals surface area contributed by atoms with Crippen molar-refractivity contribution in [3.05, 3.63) is 59.4 Å². The van der Waals surface area contributed by atoms with Crippen molar-refractivity contribution < 1.29 is 19.1 Å². The summed E-state index contributed by atoms with van der Waals surface area (Å²) in [5, 5.41) is 0. The summed E-state index contributed by atoms with van der Waals surface area (Å²) in [6.07, 6.45) is 5.47. The third-order valence-corrected chi connectivity index (χ3v) is 6.12. The van der Waals surface area contributed by atoms with Crippen LogP contribution in [0, 0.1) is 0 Å². The van der Waals surface area contributed by atoms with Gasteiger partial charge in [0.15, 0.2) is 5.60 Å². The highest BCUT2D eigenvalue weighted by Gasteiger charge is 2.58. The van der Waals surface area contributed by atoms with E-state index in [1.807, 2.05) is 35.2 Å². The Morgan fingerprint density at radius 1 is 1.19 bits per heavy atom. The first kappa shape index (κ1) is 16.3. The molecule has 0 N–H and O–H groups in total. The zero-order valence-corrected chi connectivity index (χ0v) is 15.1. The first-order chi connectivity index (χ1) is 13.1. The van der Waals surface area contributed by atoms with E-state index in [0.29, 0.717) is 25.1 Å².